The minimum atomic E-state index is -0.812. The van der Waals surface area contributed by atoms with Gasteiger partial charge in [-0.3, -0.25) is 9.36 Å². The van der Waals surface area contributed by atoms with E-state index < -0.39 is 12.0 Å². The topological polar surface area (TPSA) is 97.6 Å². The van der Waals surface area contributed by atoms with Crippen molar-refractivity contribution in [2.75, 3.05) is 20.8 Å². The Morgan fingerprint density at radius 3 is 2.46 bits per heavy atom. The van der Waals surface area contributed by atoms with Crippen molar-refractivity contribution in [3.8, 4) is 23.0 Å². The van der Waals surface area contributed by atoms with Gasteiger partial charge < -0.3 is 23.7 Å². The zero-order chi connectivity index (χ0) is 33.0. The second kappa shape index (κ2) is 14.0. The van der Waals surface area contributed by atoms with E-state index in [1.54, 1.807) is 62.4 Å². The van der Waals surface area contributed by atoms with Crippen LogP contribution >= 0.6 is 11.3 Å². The Kier molecular flexibility index (Phi) is 9.91. The van der Waals surface area contributed by atoms with E-state index in [0.717, 1.165) is 0 Å². The van der Waals surface area contributed by atoms with E-state index in [1.807, 2.05) is 19.9 Å². The van der Waals surface area contributed by atoms with Crippen LogP contribution in [0.4, 0.5) is 4.39 Å². The summed E-state index contributed by atoms with van der Waals surface area (Å²) in [6.45, 7) is 7.62. The smallest absolute Gasteiger partial charge is 0.338 e. The first-order chi connectivity index (χ1) is 22.1. The number of allylic oxidation sites excluding steroid dienone is 1. The Hall–Kier alpha value is -4.90. The Balaban J connectivity index is 1.57. The average Bonchev–Trinajstić information content (AvgIpc) is 3.33. The van der Waals surface area contributed by atoms with Crippen LogP contribution in [0.3, 0.4) is 0 Å². The molecule has 4 aromatic rings. The number of benzene rings is 3. The fraction of sp³-hybridized carbons (Fsp3) is 0.286. The van der Waals surface area contributed by atoms with Crippen LogP contribution in [0.25, 0.3) is 6.08 Å². The summed E-state index contributed by atoms with van der Waals surface area (Å²) in [5.74, 6) is 1.05. The molecule has 0 unspecified atom stereocenters. The predicted octanol–water partition coefficient (Wildman–Crippen LogP) is 5.32. The molecule has 0 radical (unpaired) electrons. The maximum atomic E-state index is 14.1. The molecule has 240 valence electrons. The van der Waals surface area contributed by atoms with Crippen LogP contribution in [0, 0.1) is 5.82 Å². The van der Waals surface area contributed by atoms with E-state index in [4.69, 9.17) is 23.7 Å². The quantitative estimate of drug-likeness (QED) is 0.204. The van der Waals surface area contributed by atoms with Crippen molar-refractivity contribution in [1.29, 1.82) is 0 Å². The number of carbonyl (C=O) groups excluding carboxylic acids is 1. The lowest BCUT2D eigenvalue weighted by Gasteiger charge is -2.25. The fourth-order valence-corrected chi connectivity index (χ4v) is 6.19. The molecule has 0 saturated carbocycles. The molecular formula is C35H35FN2O7S. The maximum Gasteiger partial charge on any atom is 0.338 e. The first-order valence-electron chi connectivity index (χ1n) is 14.7. The van der Waals surface area contributed by atoms with E-state index in [-0.39, 0.29) is 36.3 Å². The van der Waals surface area contributed by atoms with Gasteiger partial charge in [0.2, 0.25) is 0 Å². The SMILES string of the molecule is CCOC(=O)C1=C(C)N=c2s/c(=C\c3ccc(OCc4cccc(F)c4)c(OC)c3)c(=O)n2[C@H]1c1ccc(OC(C)C)c(OC)c1. The molecule has 0 spiro atoms. The number of methoxy groups -OCH3 is 2. The third-order valence-electron chi connectivity index (χ3n) is 7.15. The molecule has 11 heteroatoms. The number of aromatic nitrogens is 1. The lowest BCUT2D eigenvalue weighted by molar-refractivity contribution is -0.139. The van der Waals surface area contributed by atoms with Gasteiger partial charge >= 0.3 is 5.97 Å². The van der Waals surface area contributed by atoms with E-state index in [9.17, 15) is 14.0 Å². The summed E-state index contributed by atoms with van der Waals surface area (Å²) in [6, 6.07) is 16.0. The van der Waals surface area contributed by atoms with E-state index in [2.05, 4.69) is 4.99 Å². The van der Waals surface area contributed by atoms with Crippen molar-refractivity contribution in [3.05, 3.63) is 114 Å². The first kappa shape index (κ1) is 32.5. The van der Waals surface area contributed by atoms with Gasteiger partial charge in [-0.15, -0.1) is 0 Å². The molecule has 0 bridgehead atoms. The molecule has 0 fully saturated rings. The number of ether oxygens (including phenoxy) is 5. The van der Waals surface area contributed by atoms with Crippen molar-refractivity contribution < 1.29 is 32.9 Å². The zero-order valence-electron chi connectivity index (χ0n) is 26.5. The number of thiazole rings is 1. The normalized spacial score (nSPS) is 14.5. The third kappa shape index (κ3) is 6.84. The molecule has 1 atom stereocenters. The molecule has 5 rings (SSSR count). The number of halogens is 1. The monoisotopic (exact) mass is 646 g/mol. The van der Waals surface area contributed by atoms with Gasteiger partial charge in [-0.25, -0.2) is 14.2 Å². The van der Waals surface area contributed by atoms with Gasteiger partial charge in [-0.1, -0.05) is 35.6 Å². The molecule has 1 aliphatic rings. The number of hydrogen-bond acceptors (Lipinski definition) is 9. The number of fused-ring (bicyclic) bond motifs is 1. The number of carbonyl (C=O) groups is 1. The van der Waals surface area contributed by atoms with Crippen molar-refractivity contribution in [2.45, 2.75) is 46.4 Å². The minimum Gasteiger partial charge on any atom is -0.493 e. The molecule has 0 saturated heterocycles. The molecule has 3 aromatic carbocycles. The van der Waals surface area contributed by atoms with Crippen LogP contribution in [0.1, 0.15) is 50.4 Å². The largest absolute Gasteiger partial charge is 0.493 e. The predicted molar refractivity (Wildman–Crippen MR) is 173 cm³/mol. The molecule has 0 aliphatic carbocycles. The van der Waals surface area contributed by atoms with Gasteiger partial charge in [0, 0.05) is 0 Å². The lowest BCUT2D eigenvalue weighted by Crippen LogP contribution is -2.40. The summed E-state index contributed by atoms with van der Waals surface area (Å²) >= 11 is 1.21. The molecular weight excluding hydrogens is 611 g/mol. The number of esters is 1. The lowest BCUT2D eigenvalue weighted by atomic mass is 9.95. The van der Waals surface area contributed by atoms with Crippen molar-refractivity contribution in [1.82, 2.24) is 4.57 Å². The third-order valence-corrected chi connectivity index (χ3v) is 8.13. The molecule has 2 heterocycles. The van der Waals surface area contributed by atoms with Gasteiger partial charge in [0.05, 0.1) is 48.8 Å². The Labute approximate surface area is 269 Å². The van der Waals surface area contributed by atoms with Crippen LogP contribution in [0.5, 0.6) is 23.0 Å². The van der Waals surface area contributed by atoms with Gasteiger partial charge in [-0.05, 0) is 86.9 Å². The second-order valence-electron chi connectivity index (χ2n) is 10.7. The summed E-state index contributed by atoms with van der Waals surface area (Å²) in [5.41, 5.74) is 2.41. The van der Waals surface area contributed by atoms with E-state index >= 15 is 0 Å². The highest BCUT2D eigenvalue weighted by Crippen LogP contribution is 2.36. The molecule has 9 nitrogen and oxygen atoms in total. The summed E-state index contributed by atoms with van der Waals surface area (Å²) < 4.78 is 43.9. The summed E-state index contributed by atoms with van der Waals surface area (Å²) in [5, 5.41) is 0. The minimum absolute atomic E-state index is 0.0812. The molecule has 46 heavy (non-hydrogen) atoms. The highest BCUT2D eigenvalue weighted by Gasteiger charge is 2.34. The highest BCUT2D eigenvalue weighted by molar-refractivity contribution is 7.07. The molecule has 0 amide bonds. The Morgan fingerprint density at radius 2 is 1.76 bits per heavy atom. The number of rotatable bonds is 11. The Morgan fingerprint density at radius 1 is 1.02 bits per heavy atom. The first-order valence-corrected chi connectivity index (χ1v) is 15.5. The van der Waals surface area contributed by atoms with Crippen LogP contribution in [0.2, 0.25) is 0 Å². The second-order valence-corrected chi connectivity index (χ2v) is 11.7. The maximum absolute atomic E-state index is 14.1. The molecule has 1 aliphatic heterocycles. The van der Waals surface area contributed by atoms with E-state index in [1.165, 1.54) is 42.3 Å². The van der Waals surface area contributed by atoms with Crippen LogP contribution < -0.4 is 33.8 Å². The van der Waals surface area contributed by atoms with E-state index in [0.29, 0.717) is 54.7 Å². The Bertz CT molecular complexity index is 1980. The standard InChI is InChI=1S/C35H35FN2O7S/c1-7-43-34(40)31-21(4)37-35-38(32(31)24-12-14-27(45-20(2)3)29(18-24)42-6)33(39)30(46-35)17-22-11-13-26(28(16-22)41-5)44-19-23-9-8-10-25(36)15-23/h8-18,20,32H,7,19H2,1-6H3/b30-17-/t32-/m0/s1. The van der Waals surface area contributed by atoms with Crippen molar-refractivity contribution >= 4 is 23.4 Å². The summed E-state index contributed by atoms with van der Waals surface area (Å²) in [6.07, 6.45) is 1.66. The fourth-order valence-electron chi connectivity index (χ4n) is 5.14. The van der Waals surface area contributed by atoms with Gasteiger partial charge in [0.15, 0.2) is 27.8 Å². The summed E-state index contributed by atoms with van der Waals surface area (Å²) in [7, 11) is 3.06. The van der Waals surface area contributed by atoms with Crippen LogP contribution in [-0.2, 0) is 16.1 Å². The number of nitrogens with zero attached hydrogens (tertiary/aromatic N) is 2. The molecule has 0 N–H and O–H groups in total. The highest BCUT2D eigenvalue weighted by atomic mass is 32.1. The van der Waals surface area contributed by atoms with Gasteiger partial charge in [-0.2, -0.15) is 0 Å². The van der Waals surface area contributed by atoms with Crippen molar-refractivity contribution in [3.63, 3.8) is 0 Å². The zero-order valence-corrected chi connectivity index (χ0v) is 27.3. The average molecular weight is 647 g/mol. The van der Waals surface area contributed by atoms with Crippen LogP contribution in [-0.4, -0.2) is 37.5 Å². The molecule has 1 aromatic heterocycles. The van der Waals surface area contributed by atoms with Crippen molar-refractivity contribution in [2.24, 2.45) is 4.99 Å². The van der Waals surface area contributed by atoms with Gasteiger partial charge in [0.1, 0.15) is 12.4 Å². The number of hydrogen-bond donors (Lipinski definition) is 0. The van der Waals surface area contributed by atoms with Crippen LogP contribution in [0.15, 0.2) is 81.7 Å². The summed E-state index contributed by atoms with van der Waals surface area (Å²) in [4.78, 5) is 32.4. The van der Waals surface area contributed by atoms with Gasteiger partial charge in [0.25, 0.3) is 5.56 Å².